The van der Waals surface area contributed by atoms with Crippen molar-refractivity contribution in [2.45, 2.75) is 44.2 Å². The van der Waals surface area contributed by atoms with E-state index in [9.17, 15) is 19.5 Å². The molecule has 0 aliphatic carbocycles. The number of fused-ring (bicyclic) bond motifs is 1. The second-order valence-corrected chi connectivity index (χ2v) is 10.3. The van der Waals surface area contributed by atoms with Crippen LogP contribution in [0.2, 0.25) is 0 Å². The topological polar surface area (TPSA) is 108 Å². The molecule has 0 spiro atoms. The highest BCUT2D eigenvalue weighted by Gasteiger charge is 2.35. The van der Waals surface area contributed by atoms with E-state index in [1.165, 1.54) is 17.0 Å². The summed E-state index contributed by atoms with van der Waals surface area (Å²) in [5.74, 6) is -0.0869. The van der Waals surface area contributed by atoms with Gasteiger partial charge in [0.15, 0.2) is 0 Å². The fourth-order valence-electron chi connectivity index (χ4n) is 4.69. The summed E-state index contributed by atoms with van der Waals surface area (Å²) in [5, 5.41) is 14.4. The van der Waals surface area contributed by atoms with Crippen molar-refractivity contribution in [2.75, 3.05) is 32.5 Å². The molecule has 4 rings (SSSR count). The van der Waals surface area contributed by atoms with E-state index >= 15 is 0 Å². The zero-order valence-electron chi connectivity index (χ0n) is 22.1. The van der Waals surface area contributed by atoms with Gasteiger partial charge in [0.25, 0.3) is 5.56 Å². The number of amides is 2. The summed E-state index contributed by atoms with van der Waals surface area (Å²) in [6.45, 7) is 3.03. The van der Waals surface area contributed by atoms with E-state index in [0.29, 0.717) is 48.9 Å². The van der Waals surface area contributed by atoms with Gasteiger partial charge in [-0.25, -0.2) is 4.98 Å². The lowest BCUT2D eigenvalue weighted by atomic mass is 9.90. The molecule has 0 saturated carbocycles. The van der Waals surface area contributed by atoms with E-state index in [0.717, 1.165) is 5.56 Å². The van der Waals surface area contributed by atoms with Gasteiger partial charge in [0.1, 0.15) is 0 Å². The van der Waals surface area contributed by atoms with Crippen LogP contribution in [0.3, 0.4) is 0 Å². The SMILES string of the molecule is C[C@H](CC(=O)N1CCC(O)(Cn2cnc3cc(NC(=O)C=CN(C)C)ccc3c2=O)CC1)c1ccccc1. The van der Waals surface area contributed by atoms with Gasteiger partial charge in [-0.3, -0.25) is 19.0 Å². The van der Waals surface area contributed by atoms with Crippen LogP contribution < -0.4 is 10.9 Å². The number of aromatic nitrogens is 2. The number of rotatable bonds is 8. The van der Waals surface area contributed by atoms with E-state index in [2.05, 4.69) is 10.3 Å². The van der Waals surface area contributed by atoms with Crippen LogP contribution >= 0.6 is 0 Å². The number of hydrogen-bond donors (Lipinski definition) is 2. The highest BCUT2D eigenvalue weighted by Crippen LogP contribution is 2.26. The maximum atomic E-state index is 13.1. The predicted octanol–water partition coefficient (Wildman–Crippen LogP) is 2.96. The molecule has 1 aliphatic rings. The predicted molar refractivity (Wildman–Crippen MR) is 148 cm³/mol. The largest absolute Gasteiger partial charge is 0.388 e. The van der Waals surface area contributed by atoms with Crippen molar-refractivity contribution in [3.05, 3.63) is 83.1 Å². The molecule has 1 fully saturated rings. The lowest BCUT2D eigenvalue weighted by molar-refractivity contribution is -0.136. The third-order valence-corrected chi connectivity index (χ3v) is 6.98. The average molecular weight is 518 g/mol. The van der Waals surface area contributed by atoms with Crippen LogP contribution in [0.1, 0.15) is 37.7 Å². The molecule has 1 aliphatic heterocycles. The van der Waals surface area contributed by atoms with Gasteiger partial charge in [0.2, 0.25) is 11.8 Å². The second-order valence-electron chi connectivity index (χ2n) is 10.3. The number of aliphatic hydroxyl groups is 1. The average Bonchev–Trinajstić information content (AvgIpc) is 2.90. The summed E-state index contributed by atoms with van der Waals surface area (Å²) >= 11 is 0. The normalized spacial score (nSPS) is 15.9. The number of benzene rings is 2. The molecule has 2 aromatic carbocycles. The first kappa shape index (κ1) is 27.1. The fourth-order valence-corrected chi connectivity index (χ4v) is 4.69. The minimum atomic E-state index is -1.10. The first-order chi connectivity index (χ1) is 18.1. The Bertz CT molecular complexity index is 1370. The van der Waals surface area contributed by atoms with Crippen LogP contribution in [0.25, 0.3) is 10.9 Å². The molecule has 3 aromatic rings. The summed E-state index contributed by atoms with van der Waals surface area (Å²) in [6, 6.07) is 14.9. The first-order valence-electron chi connectivity index (χ1n) is 12.8. The van der Waals surface area contributed by atoms with E-state index < -0.39 is 5.60 Å². The molecular weight excluding hydrogens is 482 g/mol. The smallest absolute Gasteiger partial charge is 0.261 e. The van der Waals surface area contributed by atoms with Crippen molar-refractivity contribution in [2.24, 2.45) is 0 Å². The molecule has 9 nitrogen and oxygen atoms in total. The summed E-state index contributed by atoms with van der Waals surface area (Å²) in [6.07, 6.45) is 5.68. The lowest BCUT2D eigenvalue weighted by Crippen LogP contribution is -2.49. The van der Waals surface area contributed by atoms with Crippen LogP contribution in [0.5, 0.6) is 0 Å². The summed E-state index contributed by atoms with van der Waals surface area (Å²) < 4.78 is 1.43. The highest BCUT2D eigenvalue weighted by molar-refractivity contribution is 6.00. The molecule has 0 unspecified atom stereocenters. The molecule has 200 valence electrons. The van der Waals surface area contributed by atoms with E-state index in [1.54, 1.807) is 34.2 Å². The Morgan fingerprint density at radius 3 is 2.55 bits per heavy atom. The summed E-state index contributed by atoms with van der Waals surface area (Å²) in [4.78, 5) is 46.0. The number of anilines is 1. The van der Waals surface area contributed by atoms with Gasteiger partial charge in [-0.1, -0.05) is 37.3 Å². The molecule has 1 atom stereocenters. The molecule has 1 saturated heterocycles. The van der Waals surface area contributed by atoms with Gasteiger partial charge in [-0.2, -0.15) is 0 Å². The summed E-state index contributed by atoms with van der Waals surface area (Å²) in [5.41, 5.74) is 0.763. The number of hydrogen-bond acceptors (Lipinski definition) is 6. The Kier molecular flexibility index (Phi) is 8.26. The van der Waals surface area contributed by atoms with Gasteiger partial charge < -0.3 is 20.2 Å². The number of nitrogens with zero attached hydrogens (tertiary/aromatic N) is 4. The van der Waals surface area contributed by atoms with Gasteiger partial charge >= 0.3 is 0 Å². The van der Waals surface area contributed by atoms with Gasteiger partial charge in [-0.15, -0.1) is 0 Å². The van der Waals surface area contributed by atoms with Gasteiger partial charge in [0, 0.05) is 51.6 Å². The zero-order chi connectivity index (χ0) is 27.3. The van der Waals surface area contributed by atoms with E-state index in [-0.39, 0.29) is 29.8 Å². The van der Waals surface area contributed by atoms with Gasteiger partial charge in [0.05, 0.1) is 29.4 Å². The Morgan fingerprint density at radius 1 is 1.16 bits per heavy atom. The Labute approximate surface area is 222 Å². The highest BCUT2D eigenvalue weighted by atomic mass is 16.3. The maximum absolute atomic E-state index is 13.1. The molecule has 2 amide bonds. The second kappa shape index (κ2) is 11.6. The van der Waals surface area contributed by atoms with Crippen molar-refractivity contribution in [1.29, 1.82) is 0 Å². The van der Waals surface area contributed by atoms with E-state index in [4.69, 9.17) is 0 Å². The van der Waals surface area contributed by atoms with Crippen molar-refractivity contribution < 1.29 is 14.7 Å². The van der Waals surface area contributed by atoms with Crippen molar-refractivity contribution in [3.8, 4) is 0 Å². The molecular formula is C29H35N5O4. The van der Waals surface area contributed by atoms with Crippen LogP contribution in [-0.2, 0) is 16.1 Å². The van der Waals surface area contributed by atoms with Crippen molar-refractivity contribution in [3.63, 3.8) is 0 Å². The molecule has 1 aromatic heterocycles. The number of nitrogens with one attached hydrogen (secondary N) is 1. The molecule has 0 radical (unpaired) electrons. The molecule has 2 N–H and O–H groups in total. The van der Waals surface area contributed by atoms with Crippen LogP contribution in [0.4, 0.5) is 5.69 Å². The number of piperidine rings is 1. The number of carbonyl (C=O) groups excluding carboxylic acids is 2. The monoisotopic (exact) mass is 517 g/mol. The zero-order valence-corrected chi connectivity index (χ0v) is 22.1. The molecule has 38 heavy (non-hydrogen) atoms. The van der Waals surface area contributed by atoms with Crippen molar-refractivity contribution in [1.82, 2.24) is 19.4 Å². The quantitative estimate of drug-likeness (QED) is 0.445. The van der Waals surface area contributed by atoms with Crippen LogP contribution in [0.15, 0.2) is 71.9 Å². The van der Waals surface area contributed by atoms with Crippen LogP contribution in [0, 0.1) is 0 Å². The first-order valence-corrected chi connectivity index (χ1v) is 12.8. The number of likely N-dealkylation sites (tertiary alicyclic amines) is 1. The number of carbonyl (C=O) groups is 2. The molecule has 2 heterocycles. The standard InChI is InChI=1S/C29H35N5O4/c1-21(22-7-5-4-6-8-22)17-27(36)33-15-12-29(38,13-16-33)19-34-20-30-25-18-23(9-10-24(25)28(34)37)31-26(35)11-14-32(2)3/h4-11,14,18,20-21,38H,12-13,15-17,19H2,1-3H3,(H,31,35)/t21-/m1/s1. The third-order valence-electron chi connectivity index (χ3n) is 6.98. The molecule has 9 heteroatoms. The lowest BCUT2D eigenvalue weighted by Gasteiger charge is -2.38. The summed E-state index contributed by atoms with van der Waals surface area (Å²) in [7, 11) is 3.64. The van der Waals surface area contributed by atoms with Gasteiger partial charge in [-0.05, 0) is 42.5 Å². The third kappa shape index (κ3) is 6.66. The van der Waals surface area contributed by atoms with E-state index in [1.807, 2.05) is 51.4 Å². The molecule has 0 bridgehead atoms. The maximum Gasteiger partial charge on any atom is 0.261 e. The fraction of sp³-hybridized carbons (Fsp3) is 0.379. The minimum Gasteiger partial charge on any atom is -0.388 e. The minimum absolute atomic E-state index is 0.0769. The van der Waals surface area contributed by atoms with Crippen LogP contribution in [-0.4, -0.2) is 69.1 Å². The Hall–Kier alpha value is -3.98. The Morgan fingerprint density at radius 2 is 1.87 bits per heavy atom. The Balaban J connectivity index is 1.37. The van der Waals surface area contributed by atoms with Crippen molar-refractivity contribution >= 4 is 28.4 Å².